The lowest BCUT2D eigenvalue weighted by atomic mass is 10.2. The summed E-state index contributed by atoms with van der Waals surface area (Å²) in [4.78, 5) is 35.4. The summed E-state index contributed by atoms with van der Waals surface area (Å²) < 4.78 is 5.06. The van der Waals surface area contributed by atoms with Crippen LogP contribution in [0.3, 0.4) is 0 Å². The molecule has 8 heteroatoms. The molecule has 0 aromatic heterocycles. The average Bonchev–Trinajstić information content (AvgIpc) is 2.61. The number of carbonyl (C=O) groups excluding carboxylic acids is 3. The van der Waals surface area contributed by atoms with Crippen molar-refractivity contribution in [2.75, 3.05) is 22.5 Å². The molecule has 2 aromatic carbocycles. The van der Waals surface area contributed by atoms with Gasteiger partial charge in [0.1, 0.15) is 12.1 Å². The first-order chi connectivity index (χ1) is 13.2. The third-order valence-corrected chi connectivity index (χ3v) is 3.25. The highest BCUT2D eigenvalue weighted by atomic mass is 16.6. The van der Waals surface area contributed by atoms with Gasteiger partial charge in [0, 0.05) is 17.1 Å². The Morgan fingerprint density at radius 2 is 1.29 bits per heavy atom. The van der Waals surface area contributed by atoms with Gasteiger partial charge in [0.15, 0.2) is 0 Å². The number of amides is 4. The van der Waals surface area contributed by atoms with Crippen molar-refractivity contribution < 1.29 is 19.1 Å². The van der Waals surface area contributed by atoms with Gasteiger partial charge in [0.05, 0.1) is 0 Å². The number of alkyl carbamates (subject to hydrolysis) is 1. The van der Waals surface area contributed by atoms with E-state index in [0.29, 0.717) is 17.1 Å². The van der Waals surface area contributed by atoms with Gasteiger partial charge in [-0.15, -0.1) is 0 Å². The van der Waals surface area contributed by atoms with Crippen molar-refractivity contribution >= 4 is 35.1 Å². The molecule has 8 nitrogen and oxygen atoms in total. The maximum absolute atomic E-state index is 11.9. The van der Waals surface area contributed by atoms with Crippen LogP contribution in [0.2, 0.25) is 0 Å². The number of hydrogen-bond donors (Lipinski definition) is 4. The average molecular weight is 384 g/mol. The predicted molar refractivity (Wildman–Crippen MR) is 108 cm³/mol. The summed E-state index contributed by atoms with van der Waals surface area (Å²) in [5.41, 5.74) is 1.15. The Hall–Kier alpha value is -3.55. The largest absolute Gasteiger partial charge is 0.444 e. The maximum atomic E-state index is 11.9. The number of rotatable bonds is 5. The second-order valence-electron chi connectivity index (χ2n) is 6.93. The molecule has 0 aliphatic rings. The van der Waals surface area contributed by atoms with Gasteiger partial charge in [-0.2, -0.15) is 0 Å². The SMILES string of the molecule is CC(C)(C)OC(=O)NCC(=O)Nc1ccc(NC(=O)Nc2ccccc2)cc1. The maximum Gasteiger partial charge on any atom is 0.408 e. The van der Waals surface area contributed by atoms with Crippen molar-refractivity contribution in [3.63, 3.8) is 0 Å². The molecule has 0 spiro atoms. The molecule has 148 valence electrons. The first-order valence-electron chi connectivity index (χ1n) is 8.71. The summed E-state index contributed by atoms with van der Waals surface area (Å²) in [5, 5.41) is 10.4. The van der Waals surface area contributed by atoms with Crippen LogP contribution < -0.4 is 21.3 Å². The molecule has 4 N–H and O–H groups in total. The monoisotopic (exact) mass is 384 g/mol. The summed E-state index contributed by atoms with van der Waals surface area (Å²) in [5.74, 6) is -0.395. The molecule has 0 saturated carbocycles. The Balaban J connectivity index is 1.78. The Bertz CT molecular complexity index is 814. The number of urea groups is 1. The van der Waals surface area contributed by atoms with Crippen LogP contribution in [0.25, 0.3) is 0 Å². The molecular weight excluding hydrogens is 360 g/mol. The minimum atomic E-state index is -0.661. The Labute approximate surface area is 163 Å². The number of nitrogens with one attached hydrogen (secondary N) is 4. The van der Waals surface area contributed by atoms with Crippen molar-refractivity contribution in [2.24, 2.45) is 0 Å². The fourth-order valence-corrected chi connectivity index (χ4v) is 2.12. The van der Waals surface area contributed by atoms with Crippen molar-refractivity contribution in [1.29, 1.82) is 0 Å². The van der Waals surface area contributed by atoms with E-state index >= 15 is 0 Å². The molecule has 28 heavy (non-hydrogen) atoms. The molecule has 0 unspecified atom stereocenters. The Kier molecular flexibility index (Phi) is 6.97. The third kappa shape index (κ3) is 7.77. The zero-order chi connectivity index (χ0) is 20.6. The highest BCUT2D eigenvalue weighted by Crippen LogP contribution is 2.14. The van der Waals surface area contributed by atoms with E-state index in [-0.39, 0.29) is 12.6 Å². The van der Waals surface area contributed by atoms with E-state index in [1.165, 1.54) is 0 Å². The van der Waals surface area contributed by atoms with Crippen LogP contribution in [0.4, 0.5) is 26.7 Å². The molecule has 0 aliphatic carbocycles. The minimum absolute atomic E-state index is 0.214. The summed E-state index contributed by atoms with van der Waals surface area (Å²) in [6.45, 7) is 5.00. The smallest absolute Gasteiger partial charge is 0.408 e. The second kappa shape index (κ2) is 9.40. The zero-order valence-corrected chi connectivity index (χ0v) is 16.0. The van der Waals surface area contributed by atoms with Gasteiger partial charge in [-0.05, 0) is 57.2 Å². The van der Waals surface area contributed by atoms with Crippen LogP contribution in [-0.4, -0.2) is 30.2 Å². The molecule has 2 rings (SSSR count). The number of benzene rings is 2. The highest BCUT2D eigenvalue weighted by Gasteiger charge is 2.16. The molecular formula is C20H24N4O4. The van der Waals surface area contributed by atoms with E-state index in [1.807, 2.05) is 18.2 Å². The fraction of sp³-hybridized carbons (Fsp3) is 0.250. The van der Waals surface area contributed by atoms with Gasteiger partial charge >= 0.3 is 12.1 Å². The van der Waals surface area contributed by atoms with Crippen LogP contribution in [-0.2, 0) is 9.53 Å². The molecule has 4 amide bonds. The lowest BCUT2D eigenvalue weighted by molar-refractivity contribution is -0.115. The Morgan fingerprint density at radius 3 is 1.82 bits per heavy atom. The lowest BCUT2D eigenvalue weighted by Crippen LogP contribution is -2.37. The van der Waals surface area contributed by atoms with E-state index in [4.69, 9.17) is 4.74 Å². The first-order valence-corrected chi connectivity index (χ1v) is 8.71. The predicted octanol–water partition coefficient (Wildman–Crippen LogP) is 3.79. The summed E-state index contributed by atoms with van der Waals surface area (Å²) >= 11 is 0. The van der Waals surface area contributed by atoms with Crippen LogP contribution in [0, 0.1) is 0 Å². The van der Waals surface area contributed by atoms with E-state index in [1.54, 1.807) is 57.2 Å². The van der Waals surface area contributed by atoms with Gasteiger partial charge in [-0.3, -0.25) is 4.79 Å². The molecule has 0 heterocycles. The fourth-order valence-electron chi connectivity index (χ4n) is 2.12. The standard InChI is InChI=1S/C20H24N4O4/c1-20(2,3)28-19(27)21-13-17(25)22-15-9-11-16(12-10-15)24-18(26)23-14-7-5-4-6-8-14/h4-12H,13H2,1-3H3,(H,21,27)(H,22,25)(H2,23,24,26). The summed E-state index contributed by atoms with van der Waals surface area (Å²) in [6, 6.07) is 15.3. The van der Waals surface area contributed by atoms with Crippen LogP contribution in [0.5, 0.6) is 0 Å². The van der Waals surface area contributed by atoms with Crippen molar-refractivity contribution in [1.82, 2.24) is 5.32 Å². The van der Waals surface area contributed by atoms with Gasteiger partial charge in [0.25, 0.3) is 0 Å². The topological polar surface area (TPSA) is 109 Å². The quantitative estimate of drug-likeness (QED) is 0.629. The molecule has 0 saturated heterocycles. The number of para-hydroxylation sites is 1. The Morgan fingerprint density at radius 1 is 0.786 bits per heavy atom. The molecule has 0 aliphatic heterocycles. The number of carbonyl (C=O) groups is 3. The van der Waals surface area contributed by atoms with E-state index in [2.05, 4.69) is 21.3 Å². The second-order valence-corrected chi connectivity index (χ2v) is 6.93. The lowest BCUT2D eigenvalue weighted by Gasteiger charge is -2.19. The molecule has 0 radical (unpaired) electrons. The van der Waals surface area contributed by atoms with Crippen LogP contribution in [0.15, 0.2) is 54.6 Å². The zero-order valence-electron chi connectivity index (χ0n) is 16.0. The first kappa shape index (κ1) is 20.8. The summed E-state index contributed by atoms with van der Waals surface area (Å²) in [7, 11) is 0. The van der Waals surface area contributed by atoms with Gasteiger partial charge in [-0.25, -0.2) is 9.59 Å². The van der Waals surface area contributed by atoms with Gasteiger partial charge in [-0.1, -0.05) is 18.2 Å². The van der Waals surface area contributed by atoms with Crippen LogP contribution in [0.1, 0.15) is 20.8 Å². The molecule has 0 atom stereocenters. The van der Waals surface area contributed by atoms with Crippen molar-refractivity contribution in [3.8, 4) is 0 Å². The van der Waals surface area contributed by atoms with E-state index < -0.39 is 17.6 Å². The highest BCUT2D eigenvalue weighted by molar-refractivity contribution is 6.00. The number of ether oxygens (including phenoxy) is 1. The summed E-state index contributed by atoms with van der Waals surface area (Å²) in [6.07, 6.45) is -0.661. The van der Waals surface area contributed by atoms with Gasteiger partial charge < -0.3 is 26.0 Å². The normalized spacial score (nSPS) is 10.5. The van der Waals surface area contributed by atoms with Gasteiger partial charge in [0.2, 0.25) is 5.91 Å². The third-order valence-electron chi connectivity index (χ3n) is 3.25. The molecule has 0 bridgehead atoms. The van der Waals surface area contributed by atoms with Crippen LogP contribution >= 0.6 is 0 Å². The minimum Gasteiger partial charge on any atom is -0.444 e. The number of hydrogen-bond acceptors (Lipinski definition) is 4. The molecule has 0 fully saturated rings. The number of anilines is 3. The van der Waals surface area contributed by atoms with Crippen molar-refractivity contribution in [2.45, 2.75) is 26.4 Å². The molecule has 2 aromatic rings. The van der Waals surface area contributed by atoms with E-state index in [9.17, 15) is 14.4 Å². The van der Waals surface area contributed by atoms with Crippen molar-refractivity contribution in [3.05, 3.63) is 54.6 Å². The van der Waals surface area contributed by atoms with E-state index in [0.717, 1.165) is 0 Å².